The molecule has 0 radical (unpaired) electrons. The van der Waals surface area contributed by atoms with Gasteiger partial charge in [-0.2, -0.15) is 0 Å². The van der Waals surface area contributed by atoms with Crippen molar-refractivity contribution in [3.63, 3.8) is 0 Å². The van der Waals surface area contributed by atoms with Crippen molar-refractivity contribution in [3.05, 3.63) is 34.3 Å². The second-order valence-corrected chi connectivity index (χ2v) is 6.96. The molecule has 0 saturated heterocycles. The average molecular weight is 305 g/mol. The summed E-state index contributed by atoms with van der Waals surface area (Å²) >= 11 is 1.75. The van der Waals surface area contributed by atoms with Gasteiger partial charge in [0.15, 0.2) is 0 Å². The molecule has 0 aliphatic rings. The van der Waals surface area contributed by atoms with Crippen LogP contribution >= 0.6 is 11.3 Å². The van der Waals surface area contributed by atoms with Crippen molar-refractivity contribution in [2.75, 3.05) is 10.7 Å². The fraction of sp³-hybridized carbons (Fsp3) is 0.467. The summed E-state index contributed by atoms with van der Waals surface area (Å²) in [5.41, 5.74) is 2.49. The van der Waals surface area contributed by atoms with Crippen LogP contribution in [-0.4, -0.2) is 9.97 Å². The number of nitrogens with one attached hydrogen (secondary N) is 2. The third-order valence-corrected chi connectivity index (χ3v) is 4.15. The minimum Gasteiger partial charge on any atom is -0.362 e. The number of nitrogens with two attached hydrogens (primary N) is 1. The molecular weight excluding hydrogens is 282 g/mol. The Kier molecular flexibility index (Phi) is 4.80. The topological polar surface area (TPSA) is 75.9 Å². The minimum atomic E-state index is -0.131. The number of thiophene rings is 1. The molecule has 0 spiro atoms. The first-order chi connectivity index (χ1) is 9.94. The Balaban J connectivity index is 2.30. The average Bonchev–Trinajstić information content (AvgIpc) is 2.97. The van der Waals surface area contributed by atoms with Crippen molar-refractivity contribution in [1.29, 1.82) is 0 Å². The molecule has 2 aromatic heterocycles. The zero-order chi connectivity index (χ0) is 15.5. The van der Waals surface area contributed by atoms with Crippen LogP contribution in [-0.2, 0) is 5.41 Å². The summed E-state index contributed by atoms with van der Waals surface area (Å²) in [6, 6.07) is 6.29. The van der Waals surface area contributed by atoms with Crippen molar-refractivity contribution in [2.24, 2.45) is 5.84 Å². The van der Waals surface area contributed by atoms with Crippen LogP contribution in [0.4, 0.5) is 11.6 Å². The number of rotatable bonds is 5. The molecule has 21 heavy (non-hydrogen) atoms. The maximum absolute atomic E-state index is 5.52. The van der Waals surface area contributed by atoms with Crippen LogP contribution in [0, 0.1) is 0 Å². The standard InChI is InChI=1S/C15H23N5S/c1-5-10(11-7-6-8-21-11)17-12-9-13(20-16)19-14(18-12)15(2,3)4/h6-10H,5,16H2,1-4H3,(H2,17,18,19,20). The van der Waals surface area contributed by atoms with Gasteiger partial charge in [-0.05, 0) is 17.9 Å². The van der Waals surface area contributed by atoms with Gasteiger partial charge in [0.05, 0.1) is 6.04 Å². The molecule has 6 heteroatoms. The maximum atomic E-state index is 5.52. The van der Waals surface area contributed by atoms with E-state index < -0.39 is 0 Å². The molecule has 0 bridgehead atoms. The molecule has 2 rings (SSSR count). The molecule has 1 atom stereocenters. The molecule has 114 valence electrons. The van der Waals surface area contributed by atoms with Crippen LogP contribution in [0.5, 0.6) is 0 Å². The second kappa shape index (κ2) is 6.41. The fourth-order valence-corrected chi connectivity index (χ4v) is 2.83. The lowest BCUT2D eigenvalue weighted by Crippen LogP contribution is -2.20. The number of hydrogen-bond acceptors (Lipinski definition) is 6. The summed E-state index contributed by atoms with van der Waals surface area (Å²) < 4.78 is 0. The van der Waals surface area contributed by atoms with Crippen molar-refractivity contribution < 1.29 is 0 Å². The normalized spacial score (nSPS) is 13.0. The Morgan fingerprint density at radius 3 is 2.52 bits per heavy atom. The highest BCUT2D eigenvalue weighted by atomic mass is 32.1. The highest BCUT2D eigenvalue weighted by Crippen LogP contribution is 2.28. The fourth-order valence-electron chi connectivity index (χ4n) is 1.97. The Labute approximate surface area is 130 Å². The Hall–Kier alpha value is -1.66. The lowest BCUT2D eigenvalue weighted by molar-refractivity contribution is 0.546. The van der Waals surface area contributed by atoms with Gasteiger partial charge < -0.3 is 10.7 Å². The molecule has 0 aliphatic carbocycles. The SMILES string of the molecule is CCC(Nc1cc(NN)nc(C(C)(C)C)n1)c1cccs1. The molecule has 0 aromatic carbocycles. The van der Waals surface area contributed by atoms with E-state index in [-0.39, 0.29) is 11.5 Å². The highest BCUT2D eigenvalue weighted by molar-refractivity contribution is 7.10. The first-order valence-electron chi connectivity index (χ1n) is 7.10. The van der Waals surface area contributed by atoms with E-state index in [9.17, 15) is 0 Å². The van der Waals surface area contributed by atoms with Crippen molar-refractivity contribution in [1.82, 2.24) is 9.97 Å². The first-order valence-corrected chi connectivity index (χ1v) is 7.98. The molecule has 0 saturated carbocycles. The highest BCUT2D eigenvalue weighted by Gasteiger charge is 2.20. The number of nitrogen functional groups attached to an aromatic ring is 1. The Bertz CT molecular complexity index is 574. The van der Waals surface area contributed by atoms with Crippen LogP contribution < -0.4 is 16.6 Å². The van der Waals surface area contributed by atoms with Gasteiger partial charge in [-0.15, -0.1) is 11.3 Å². The summed E-state index contributed by atoms with van der Waals surface area (Å²) in [6.07, 6.45) is 0.987. The van der Waals surface area contributed by atoms with E-state index in [2.05, 4.69) is 65.9 Å². The van der Waals surface area contributed by atoms with Crippen LogP contribution in [0.3, 0.4) is 0 Å². The van der Waals surface area contributed by atoms with E-state index >= 15 is 0 Å². The molecule has 4 N–H and O–H groups in total. The number of aromatic nitrogens is 2. The lowest BCUT2D eigenvalue weighted by Gasteiger charge is -2.21. The van der Waals surface area contributed by atoms with Crippen LogP contribution in [0.25, 0.3) is 0 Å². The van der Waals surface area contributed by atoms with Crippen molar-refractivity contribution in [3.8, 4) is 0 Å². The second-order valence-electron chi connectivity index (χ2n) is 5.98. The van der Waals surface area contributed by atoms with Gasteiger partial charge in [0.25, 0.3) is 0 Å². The van der Waals surface area contributed by atoms with Gasteiger partial charge in [-0.25, -0.2) is 15.8 Å². The number of hydrazine groups is 1. The third-order valence-electron chi connectivity index (χ3n) is 3.16. The monoisotopic (exact) mass is 305 g/mol. The van der Waals surface area contributed by atoms with Gasteiger partial charge in [0.2, 0.25) is 0 Å². The zero-order valence-electron chi connectivity index (χ0n) is 13.0. The predicted octanol–water partition coefficient (Wildman–Crippen LogP) is 3.68. The van der Waals surface area contributed by atoms with Gasteiger partial charge in [0, 0.05) is 16.4 Å². The van der Waals surface area contributed by atoms with Crippen LogP contribution in [0.1, 0.15) is 50.9 Å². The quantitative estimate of drug-likeness (QED) is 0.580. The Morgan fingerprint density at radius 2 is 2.00 bits per heavy atom. The zero-order valence-corrected chi connectivity index (χ0v) is 13.8. The predicted molar refractivity (Wildman–Crippen MR) is 89.5 cm³/mol. The molecule has 0 aliphatic heterocycles. The van der Waals surface area contributed by atoms with E-state index in [0.717, 1.165) is 18.1 Å². The Morgan fingerprint density at radius 1 is 1.29 bits per heavy atom. The van der Waals surface area contributed by atoms with Crippen LogP contribution in [0.15, 0.2) is 23.6 Å². The first kappa shape index (κ1) is 15.7. The van der Waals surface area contributed by atoms with Crippen LogP contribution in [0.2, 0.25) is 0 Å². The summed E-state index contributed by atoms with van der Waals surface area (Å²) in [7, 11) is 0. The number of hydrogen-bond donors (Lipinski definition) is 3. The van der Waals surface area contributed by atoms with Gasteiger partial charge in [-0.3, -0.25) is 0 Å². The summed E-state index contributed by atoms with van der Waals surface area (Å²) in [6.45, 7) is 8.42. The molecule has 2 aromatic rings. The van der Waals surface area contributed by atoms with Crippen molar-refractivity contribution >= 4 is 23.0 Å². The largest absolute Gasteiger partial charge is 0.362 e. The van der Waals surface area contributed by atoms with Crippen molar-refractivity contribution in [2.45, 2.75) is 45.6 Å². The molecule has 0 amide bonds. The molecule has 5 nitrogen and oxygen atoms in total. The van der Waals surface area contributed by atoms with Gasteiger partial charge in [0.1, 0.15) is 17.5 Å². The minimum absolute atomic E-state index is 0.131. The van der Waals surface area contributed by atoms with E-state index in [1.54, 1.807) is 11.3 Å². The maximum Gasteiger partial charge on any atom is 0.145 e. The summed E-state index contributed by atoms with van der Waals surface area (Å²) in [5.74, 6) is 7.71. The van der Waals surface area contributed by atoms with E-state index in [0.29, 0.717) is 5.82 Å². The van der Waals surface area contributed by atoms with E-state index in [4.69, 9.17) is 5.84 Å². The molecule has 0 fully saturated rings. The molecular formula is C15H23N5S. The number of anilines is 2. The van der Waals surface area contributed by atoms with Gasteiger partial charge in [-0.1, -0.05) is 33.8 Å². The molecule has 1 unspecified atom stereocenters. The molecule has 2 heterocycles. The smallest absolute Gasteiger partial charge is 0.145 e. The van der Waals surface area contributed by atoms with E-state index in [1.807, 2.05) is 6.07 Å². The van der Waals surface area contributed by atoms with Gasteiger partial charge >= 0.3 is 0 Å². The number of nitrogens with zero attached hydrogens (tertiary/aromatic N) is 2. The summed E-state index contributed by atoms with van der Waals surface area (Å²) in [4.78, 5) is 10.4. The lowest BCUT2D eigenvalue weighted by atomic mass is 9.96. The third kappa shape index (κ3) is 3.92. The van der Waals surface area contributed by atoms with E-state index in [1.165, 1.54) is 4.88 Å². The summed E-state index contributed by atoms with van der Waals surface area (Å²) in [5, 5.41) is 5.57.